The summed E-state index contributed by atoms with van der Waals surface area (Å²) in [5.41, 5.74) is -2.30. The monoisotopic (exact) mass is 549 g/mol. The molecule has 5 aromatic rings. The highest BCUT2D eigenvalue weighted by atomic mass is 79.9. The second-order valence-electron chi connectivity index (χ2n) is 7.56. The minimum absolute atomic E-state index is 0.123. The van der Waals surface area contributed by atoms with Crippen LogP contribution in [0.3, 0.4) is 0 Å². The molecule has 2 aromatic carbocycles. The maximum Gasteiger partial charge on any atom is 0.487 e. The largest absolute Gasteiger partial charge is 0.487 e. The Balaban J connectivity index is 1.82. The molecule has 0 saturated heterocycles. The van der Waals surface area contributed by atoms with Gasteiger partial charge in [-0.15, -0.1) is 8.78 Å². The lowest BCUT2D eigenvalue weighted by Crippen LogP contribution is -2.37. The van der Waals surface area contributed by atoms with Gasteiger partial charge in [-0.2, -0.15) is 4.98 Å². The van der Waals surface area contributed by atoms with Crippen LogP contribution in [-0.4, -0.2) is 28.7 Å². The van der Waals surface area contributed by atoms with Crippen LogP contribution in [0.2, 0.25) is 0 Å². The Bertz CT molecular complexity index is 1680. The molecule has 5 rings (SSSR count). The van der Waals surface area contributed by atoms with Crippen LogP contribution in [0, 0.1) is 0 Å². The van der Waals surface area contributed by atoms with E-state index in [0.29, 0.717) is 17.2 Å². The highest BCUT2D eigenvalue weighted by molar-refractivity contribution is 9.10. The minimum atomic E-state index is -3.84. The van der Waals surface area contributed by atoms with Gasteiger partial charge in [0.1, 0.15) is 5.75 Å². The van der Waals surface area contributed by atoms with E-state index in [1.54, 1.807) is 27.3 Å². The van der Waals surface area contributed by atoms with Gasteiger partial charge in [0.25, 0.3) is 5.56 Å². The van der Waals surface area contributed by atoms with Gasteiger partial charge in [0.15, 0.2) is 11.2 Å². The Morgan fingerprint density at radius 3 is 2.26 bits per heavy atom. The molecule has 12 heteroatoms. The van der Waals surface area contributed by atoms with Gasteiger partial charge in [0.2, 0.25) is 5.78 Å². The third kappa shape index (κ3) is 3.61. The number of benzene rings is 2. The molecule has 3 heterocycles. The van der Waals surface area contributed by atoms with E-state index in [2.05, 4.69) is 25.7 Å². The minimum Gasteiger partial charge on any atom is -0.420 e. The molecule has 0 saturated carbocycles. The Hall–Kier alpha value is -3.44. The fourth-order valence-electron chi connectivity index (χ4n) is 3.85. The summed E-state index contributed by atoms with van der Waals surface area (Å²) in [7, 11) is 2.94. The normalized spacial score (nSPS) is 12.1. The van der Waals surface area contributed by atoms with Crippen molar-refractivity contribution >= 4 is 44.5 Å². The summed E-state index contributed by atoms with van der Waals surface area (Å²) < 4.78 is 37.0. The van der Waals surface area contributed by atoms with Gasteiger partial charge in [-0.05, 0) is 36.4 Å². The first kappa shape index (κ1) is 22.4. The number of hydrogen-bond donors (Lipinski definition) is 0. The van der Waals surface area contributed by atoms with Crippen molar-refractivity contribution in [2.75, 3.05) is 0 Å². The standard InChI is InChI=1S/C22H15BrClF2N5O3/c1-28-18-17(19(32)29(2)21(28)33)30-11-16(12-3-5-13(23)6-4-12)31(20(30)27-18)14-7-9-15(10-8-14)34-22(24,25)26/h3-11H,1-2H3. The molecule has 0 amide bonds. The van der Waals surface area contributed by atoms with Crippen molar-refractivity contribution in [1.29, 1.82) is 0 Å². The van der Waals surface area contributed by atoms with Crippen LogP contribution < -0.4 is 16.0 Å². The van der Waals surface area contributed by atoms with Gasteiger partial charge in [-0.3, -0.25) is 22.9 Å². The molecule has 0 aliphatic heterocycles. The number of hydrogen-bond acceptors (Lipinski definition) is 4. The molecular formula is C22H15BrClF2N5O3. The highest BCUT2D eigenvalue weighted by Gasteiger charge is 2.28. The van der Waals surface area contributed by atoms with E-state index in [4.69, 9.17) is 11.6 Å². The third-order valence-corrected chi connectivity index (χ3v) is 6.04. The number of nitrogens with zero attached hydrogens (tertiary/aromatic N) is 5. The zero-order chi connectivity index (χ0) is 24.4. The third-order valence-electron chi connectivity index (χ3n) is 5.43. The smallest absolute Gasteiger partial charge is 0.420 e. The van der Waals surface area contributed by atoms with Gasteiger partial charge in [0, 0.05) is 47.6 Å². The average molecular weight is 551 g/mol. The molecule has 0 spiro atoms. The molecule has 8 nitrogen and oxygen atoms in total. The number of alkyl halides is 3. The SMILES string of the molecule is Cn1c(=O)c2c(nc3n(-c4ccc(OC(F)(F)Cl)cc4)c(-c4ccc(Br)cc4)cn23)n(C)c1=O. The second-order valence-corrected chi connectivity index (χ2v) is 8.91. The Morgan fingerprint density at radius 1 is 1.00 bits per heavy atom. The van der Waals surface area contributed by atoms with Crippen molar-refractivity contribution in [2.45, 2.75) is 5.57 Å². The lowest BCUT2D eigenvalue weighted by atomic mass is 10.1. The van der Waals surface area contributed by atoms with E-state index in [1.807, 2.05) is 24.3 Å². The molecule has 0 bridgehead atoms. The molecular weight excluding hydrogens is 536 g/mol. The number of halogens is 4. The molecule has 0 N–H and O–H groups in total. The fraction of sp³-hybridized carbons (Fsp3) is 0.136. The Kier molecular flexibility index (Phi) is 5.14. The molecule has 0 radical (unpaired) electrons. The number of ether oxygens (including phenoxy) is 1. The topological polar surface area (TPSA) is 75.5 Å². The van der Waals surface area contributed by atoms with Crippen molar-refractivity contribution < 1.29 is 13.5 Å². The van der Waals surface area contributed by atoms with E-state index >= 15 is 0 Å². The van der Waals surface area contributed by atoms with Crippen molar-refractivity contribution in [3.63, 3.8) is 0 Å². The molecule has 0 unspecified atom stereocenters. The molecule has 0 aliphatic carbocycles. The Labute approximate surface area is 203 Å². The van der Waals surface area contributed by atoms with Crippen LogP contribution in [-0.2, 0) is 14.1 Å². The number of fused-ring (bicyclic) bond motifs is 3. The molecule has 34 heavy (non-hydrogen) atoms. The zero-order valence-corrected chi connectivity index (χ0v) is 20.0. The number of aryl methyl sites for hydroxylation is 1. The van der Waals surface area contributed by atoms with Crippen LogP contribution in [0.15, 0.2) is 68.8 Å². The summed E-state index contributed by atoms with van der Waals surface area (Å²) in [6.07, 6.45) is 1.75. The van der Waals surface area contributed by atoms with Crippen LogP contribution in [0.4, 0.5) is 8.78 Å². The predicted molar refractivity (Wildman–Crippen MR) is 127 cm³/mol. The number of aromatic nitrogens is 5. The molecule has 0 aliphatic rings. The van der Waals surface area contributed by atoms with Crippen molar-refractivity contribution in [2.24, 2.45) is 14.1 Å². The van der Waals surface area contributed by atoms with Crippen LogP contribution in [0.5, 0.6) is 5.75 Å². The summed E-state index contributed by atoms with van der Waals surface area (Å²) in [5.74, 6) is 0.240. The van der Waals surface area contributed by atoms with Gasteiger partial charge in [-0.25, -0.2) is 4.79 Å². The quantitative estimate of drug-likeness (QED) is 0.313. The molecule has 0 fully saturated rings. The van der Waals surface area contributed by atoms with Crippen LogP contribution in [0.25, 0.3) is 33.9 Å². The van der Waals surface area contributed by atoms with E-state index in [-0.39, 0.29) is 16.9 Å². The number of rotatable bonds is 4. The van der Waals surface area contributed by atoms with E-state index in [1.165, 1.54) is 30.8 Å². The van der Waals surface area contributed by atoms with Crippen molar-refractivity contribution in [1.82, 2.24) is 23.1 Å². The second kappa shape index (κ2) is 7.81. The van der Waals surface area contributed by atoms with E-state index in [0.717, 1.165) is 14.6 Å². The lowest BCUT2D eigenvalue weighted by molar-refractivity contribution is -0.0964. The maximum absolute atomic E-state index is 13.0. The Morgan fingerprint density at radius 2 is 1.65 bits per heavy atom. The molecule has 3 aromatic heterocycles. The van der Waals surface area contributed by atoms with Crippen molar-refractivity contribution in [3.8, 4) is 22.7 Å². The molecule has 0 atom stereocenters. The van der Waals surface area contributed by atoms with Crippen molar-refractivity contribution in [3.05, 3.63) is 80.0 Å². The first-order chi connectivity index (χ1) is 16.0. The highest BCUT2D eigenvalue weighted by Crippen LogP contribution is 2.31. The van der Waals surface area contributed by atoms with Gasteiger partial charge in [0.05, 0.1) is 5.69 Å². The van der Waals surface area contributed by atoms with Crippen LogP contribution >= 0.6 is 27.5 Å². The van der Waals surface area contributed by atoms with Gasteiger partial charge < -0.3 is 4.74 Å². The fourth-order valence-corrected chi connectivity index (χ4v) is 4.20. The first-order valence-corrected chi connectivity index (χ1v) is 11.0. The summed E-state index contributed by atoms with van der Waals surface area (Å²) in [5, 5.41) is 0. The van der Waals surface area contributed by atoms with E-state index < -0.39 is 16.8 Å². The summed E-state index contributed by atoms with van der Waals surface area (Å²) in [4.78, 5) is 30.0. The first-order valence-electron chi connectivity index (χ1n) is 9.87. The maximum atomic E-state index is 13.0. The van der Waals surface area contributed by atoms with Gasteiger partial charge >= 0.3 is 11.3 Å². The summed E-state index contributed by atoms with van der Waals surface area (Å²) in [6.45, 7) is 0. The molecule has 174 valence electrons. The van der Waals surface area contributed by atoms with Gasteiger partial charge in [-0.1, -0.05) is 28.1 Å². The summed E-state index contributed by atoms with van der Waals surface area (Å²) >= 11 is 8.28. The van der Waals surface area contributed by atoms with Crippen LogP contribution in [0.1, 0.15) is 0 Å². The van der Waals surface area contributed by atoms with E-state index in [9.17, 15) is 18.4 Å². The number of imidazole rings is 2. The summed E-state index contributed by atoms with van der Waals surface area (Å²) in [6, 6.07) is 13.4. The average Bonchev–Trinajstić information content (AvgIpc) is 3.33. The predicted octanol–water partition coefficient (Wildman–Crippen LogP) is 4.27. The lowest BCUT2D eigenvalue weighted by Gasteiger charge is -2.12. The zero-order valence-electron chi connectivity index (χ0n) is 17.7.